The lowest BCUT2D eigenvalue weighted by Gasteiger charge is -2.09. The standard InChI is InChI=1S/C18H19N3O4S/c1-12(2)18(23)20-14-5-3-13(4-6-14)19-17(22)11-26-16-9-7-15(8-10-16)21(24)25/h3-10,12H,11H2,1-2H3,(H,19,22)(H,20,23). The van der Waals surface area contributed by atoms with Gasteiger partial charge in [0.1, 0.15) is 0 Å². The zero-order chi connectivity index (χ0) is 19.1. The molecule has 8 heteroatoms. The van der Waals surface area contributed by atoms with Gasteiger partial charge in [0.05, 0.1) is 10.7 Å². The number of non-ortho nitro benzene ring substituents is 1. The summed E-state index contributed by atoms with van der Waals surface area (Å²) in [5.74, 6) is -0.177. The zero-order valence-corrected chi connectivity index (χ0v) is 15.2. The van der Waals surface area contributed by atoms with Crippen molar-refractivity contribution in [1.82, 2.24) is 0 Å². The van der Waals surface area contributed by atoms with Gasteiger partial charge >= 0.3 is 0 Å². The topological polar surface area (TPSA) is 101 Å². The van der Waals surface area contributed by atoms with Crippen LogP contribution in [0.5, 0.6) is 0 Å². The Bertz CT molecular complexity index is 789. The van der Waals surface area contributed by atoms with Gasteiger partial charge in [-0.15, -0.1) is 11.8 Å². The number of carbonyl (C=O) groups excluding carboxylic acids is 2. The van der Waals surface area contributed by atoms with Crippen LogP contribution in [0.15, 0.2) is 53.4 Å². The summed E-state index contributed by atoms with van der Waals surface area (Å²) in [4.78, 5) is 34.6. The van der Waals surface area contributed by atoms with Gasteiger partial charge in [-0.2, -0.15) is 0 Å². The number of anilines is 2. The predicted octanol–water partition coefficient (Wildman–Crippen LogP) is 3.92. The quantitative estimate of drug-likeness (QED) is 0.435. The first-order valence-electron chi connectivity index (χ1n) is 7.93. The fourth-order valence-corrected chi connectivity index (χ4v) is 2.63. The van der Waals surface area contributed by atoms with Crippen molar-refractivity contribution in [1.29, 1.82) is 0 Å². The van der Waals surface area contributed by atoms with Gasteiger partial charge in [-0.3, -0.25) is 19.7 Å². The Hall–Kier alpha value is -2.87. The number of benzene rings is 2. The molecule has 2 aromatic rings. The third-order valence-electron chi connectivity index (χ3n) is 3.38. The average molecular weight is 373 g/mol. The van der Waals surface area contributed by atoms with Gasteiger partial charge in [0, 0.05) is 34.3 Å². The molecule has 2 amide bonds. The number of amides is 2. The lowest BCUT2D eigenvalue weighted by atomic mass is 10.2. The van der Waals surface area contributed by atoms with Gasteiger partial charge in [0.2, 0.25) is 11.8 Å². The molecule has 0 aliphatic carbocycles. The molecule has 0 aliphatic rings. The highest BCUT2D eigenvalue weighted by Gasteiger charge is 2.09. The Balaban J connectivity index is 1.83. The second-order valence-electron chi connectivity index (χ2n) is 5.81. The second kappa shape index (κ2) is 9.00. The molecule has 0 aliphatic heterocycles. The normalized spacial score (nSPS) is 10.4. The van der Waals surface area contributed by atoms with Crippen LogP contribution in [0, 0.1) is 16.0 Å². The first-order valence-corrected chi connectivity index (χ1v) is 8.92. The number of nitro groups is 1. The summed E-state index contributed by atoms with van der Waals surface area (Å²) in [6.45, 7) is 3.62. The Kier molecular flexibility index (Phi) is 6.74. The minimum Gasteiger partial charge on any atom is -0.326 e. The van der Waals surface area contributed by atoms with Crippen LogP contribution in [-0.4, -0.2) is 22.5 Å². The molecule has 26 heavy (non-hydrogen) atoms. The highest BCUT2D eigenvalue weighted by Crippen LogP contribution is 2.22. The van der Waals surface area contributed by atoms with E-state index in [4.69, 9.17) is 0 Å². The summed E-state index contributed by atoms with van der Waals surface area (Å²) in [6.07, 6.45) is 0. The van der Waals surface area contributed by atoms with Crippen molar-refractivity contribution in [3.8, 4) is 0 Å². The van der Waals surface area contributed by atoms with Crippen molar-refractivity contribution in [2.24, 2.45) is 5.92 Å². The van der Waals surface area contributed by atoms with Crippen molar-refractivity contribution < 1.29 is 14.5 Å². The van der Waals surface area contributed by atoms with E-state index in [1.165, 1.54) is 23.9 Å². The fourth-order valence-electron chi connectivity index (χ4n) is 1.93. The van der Waals surface area contributed by atoms with E-state index in [1.807, 2.05) is 13.8 Å². The summed E-state index contributed by atoms with van der Waals surface area (Å²) >= 11 is 1.29. The summed E-state index contributed by atoms with van der Waals surface area (Å²) in [5.41, 5.74) is 1.31. The SMILES string of the molecule is CC(C)C(=O)Nc1ccc(NC(=O)CSc2ccc([N+](=O)[O-])cc2)cc1. The maximum Gasteiger partial charge on any atom is 0.269 e. The van der Waals surface area contributed by atoms with Gasteiger partial charge in [-0.25, -0.2) is 0 Å². The average Bonchev–Trinajstić information content (AvgIpc) is 2.62. The molecule has 0 spiro atoms. The van der Waals surface area contributed by atoms with Crippen LogP contribution in [0.3, 0.4) is 0 Å². The van der Waals surface area contributed by atoms with E-state index in [2.05, 4.69) is 10.6 Å². The molecule has 0 bridgehead atoms. The van der Waals surface area contributed by atoms with E-state index in [-0.39, 0.29) is 29.2 Å². The van der Waals surface area contributed by atoms with Crippen molar-refractivity contribution in [2.45, 2.75) is 18.7 Å². The van der Waals surface area contributed by atoms with Gasteiger partial charge in [0.25, 0.3) is 5.69 Å². The van der Waals surface area contributed by atoms with Crippen molar-refractivity contribution >= 4 is 40.6 Å². The van der Waals surface area contributed by atoms with Crippen LogP contribution in [0.2, 0.25) is 0 Å². The number of nitrogens with zero attached hydrogens (tertiary/aromatic N) is 1. The largest absolute Gasteiger partial charge is 0.326 e. The molecule has 7 nitrogen and oxygen atoms in total. The molecule has 2 aromatic carbocycles. The van der Waals surface area contributed by atoms with Crippen molar-refractivity contribution in [2.75, 3.05) is 16.4 Å². The van der Waals surface area contributed by atoms with Gasteiger partial charge in [0.15, 0.2) is 0 Å². The molecule has 0 saturated carbocycles. The third kappa shape index (κ3) is 5.89. The molecular weight excluding hydrogens is 354 g/mol. The first-order chi connectivity index (χ1) is 12.3. The number of hydrogen-bond acceptors (Lipinski definition) is 5. The Labute approximate surface area is 155 Å². The Morgan fingerprint density at radius 1 is 1.00 bits per heavy atom. The maximum atomic E-state index is 12.0. The molecule has 0 fully saturated rings. The summed E-state index contributed by atoms with van der Waals surface area (Å²) < 4.78 is 0. The lowest BCUT2D eigenvalue weighted by molar-refractivity contribution is -0.384. The molecule has 0 saturated heterocycles. The van der Waals surface area contributed by atoms with Gasteiger partial charge in [-0.1, -0.05) is 13.8 Å². The molecular formula is C18H19N3O4S. The molecule has 2 N–H and O–H groups in total. The lowest BCUT2D eigenvalue weighted by Crippen LogP contribution is -2.18. The molecule has 0 aromatic heterocycles. The minimum absolute atomic E-state index is 0.0171. The number of hydrogen-bond donors (Lipinski definition) is 2. The van der Waals surface area contributed by atoms with Crippen molar-refractivity contribution in [3.63, 3.8) is 0 Å². The van der Waals surface area contributed by atoms with Crippen LogP contribution in [0.25, 0.3) is 0 Å². The maximum absolute atomic E-state index is 12.0. The third-order valence-corrected chi connectivity index (χ3v) is 4.39. The van der Waals surface area contributed by atoms with E-state index < -0.39 is 4.92 Å². The second-order valence-corrected chi connectivity index (χ2v) is 6.86. The van der Waals surface area contributed by atoms with E-state index in [0.29, 0.717) is 11.4 Å². The van der Waals surface area contributed by atoms with E-state index >= 15 is 0 Å². The predicted molar refractivity (Wildman–Crippen MR) is 102 cm³/mol. The number of nitrogens with one attached hydrogen (secondary N) is 2. The van der Waals surface area contributed by atoms with E-state index in [0.717, 1.165) is 4.90 Å². The number of rotatable bonds is 7. The first kappa shape index (κ1) is 19.5. The molecule has 0 heterocycles. The van der Waals surface area contributed by atoms with Crippen LogP contribution in [0.1, 0.15) is 13.8 Å². The van der Waals surface area contributed by atoms with E-state index in [1.54, 1.807) is 36.4 Å². The van der Waals surface area contributed by atoms with Gasteiger partial charge in [-0.05, 0) is 36.4 Å². The summed E-state index contributed by atoms with van der Waals surface area (Å²) in [5, 5.41) is 16.2. The van der Waals surface area contributed by atoms with E-state index in [9.17, 15) is 19.7 Å². The smallest absolute Gasteiger partial charge is 0.269 e. The van der Waals surface area contributed by atoms with Crippen LogP contribution in [0.4, 0.5) is 17.1 Å². The Morgan fingerprint density at radius 3 is 2.04 bits per heavy atom. The minimum atomic E-state index is -0.464. The number of nitro benzene ring substituents is 1. The monoisotopic (exact) mass is 373 g/mol. The van der Waals surface area contributed by atoms with Gasteiger partial charge < -0.3 is 10.6 Å². The summed E-state index contributed by atoms with van der Waals surface area (Å²) in [6, 6.07) is 12.9. The molecule has 0 atom stereocenters. The van der Waals surface area contributed by atoms with Crippen LogP contribution < -0.4 is 10.6 Å². The highest BCUT2D eigenvalue weighted by molar-refractivity contribution is 8.00. The Morgan fingerprint density at radius 2 is 1.54 bits per heavy atom. The fraction of sp³-hybridized carbons (Fsp3) is 0.222. The van der Waals surface area contributed by atoms with Crippen LogP contribution >= 0.6 is 11.8 Å². The molecule has 136 valence electrons. The van der Waals surface area contributed by atoms with Crippen LogP contribution in [-0.2, 0) is 9.59 Å². The molecule has 2 rings (SSSR count). The number of thioether (sulfide) groups is 1. The molecule has 0 radical (unpaired) electrons. The zero-order valence-electron chi connectivity index (χ0n) is 14.4. The highest BCUT2D eigenvalue weighted by atomic mass is 32.2. The number of carbonyl (C=O) groups is 2. The molecule has 0 unspecified atom stereocenters. The van der Waals surface area contributed by atoms with Crippen molar-refractivity contribution in [3.05, 3.63) is 58.6 Å². The summed E-state index contributed by atoms with van der Waals surface area (Å²) in [7, 11) is 0.